The molecule has 0 aromatic carbocycles. The van der Waals surface area contributed by atoms with Gasteiger partial charge in [-0.3, -0.25) is 0 Å². The molecule has 0 bridgehead atoms. The monoisotopic (exact) mass is 257 g/mol. The lowest BCUT2D eigenvalue weighted by Gasteiger charge is -2.48. The molecule has 0 radical (unpaired) electrons. The Balaban J connectivity index is 2.28. The number of hydrogen-bond acceptors (Lipinski definition) is 1. The Morgan fingerprint density at radius 2 is 2.29 bits per heavy atom. The van der Waals surface area contributed by atoms with E-state index in [1.165, 1.54) is 19.3 Å². The number of alkyl halides is 1. The summed E-state index contributed by atoms with van der Waals surface area (Å²) in [4.78, 5) is 0.698. The molecular formula is C12H20BrN. The third-order valence-corrected chi connectivity index (χ3v) is 5.22. The van der Waals surface area contributed by atoms with E-state index in [2.05, 4.69) is 35.9 Å². The van der Waals surface area contributed by atoms with Gasteiger partial charge in [-0.25, -0.2) is 0 Å². The summed E-state index contributed by atoms with van der Waals surface area (Å²) in [5.41, 5.74) is 8.19. The standard InChI is InChI=1S/C12H20BrN/c1-8-11(14)4-3-9-7-10(13)5-6-12(8,9)2/h3,8,10-11H,4-7,14H2,1-2H3. The third kappa shape index (κ3) is 1.57. The second-order valence-corrected chi connectivity index (χ2v) is 6.47. The smallest absolute Gasteiger partial charge is 0.0183 e. The largest absolute Gasteiger partial charge is 0.327 e. The van der Waals surface area contributed by atoms with E-state index in [1.807, 2.05) is 0 Å². The zero-order valence-electron chi connectivity index (χ0n) is 9.09. The number of hydrogen-bond donors (Lipinski definition) is 1. The van der Waals surface area contributed by atoms with Gasteiger partial charge in [-0.1, -0.05) is 41.4 Å². The topological polar surface area (TPSA) is 26.0 Å². The van der Waals surface area contributed by atoms with Gasteiger partial charge in [-0.2, -0.15) is 0 Å². The fourth-order valence-electron chi connectivity index (χ4n) is 2.98. The molecular weight excluding hydrogens is 238 g/mol. The molecule has 0 aromatic rings. The van der Waals surface area contributed by atoms with Crippen LogP contribution in [0.1, 0.15) is 39.5 Å². The fourth-order valence-corrected chi connectivity index (χ4v) is 3.56. The van der Waals surface area contributed by atoms with E-state index < -0.39 is 0 Å². The Hall–Kier alpha value is 0.180. The molecule has 1 saturated carbocycles. The Morgan fingerprint density at radius 3 is 3.00 bits per heavy atom. The first-order chi connectivity index (χ1) is 6.54. The van der Waals surface area contributed by atoms with Crippen molar-refractivity contribution >= 4 is 15.9 Å². The van der Waals surface area contributed by atoms with Crippen molar-refractivity contribution in [2.45, 2.75) is 50.4 Å². The van der Waals surface area contributed by atoms with Crippen LogP contribution in [-0.4, -0.2) is 10.9 Å². The minimum absolute atomic E-state index is 0.371. The Bertz CT molecular complexity index is 261. The highest BCUT2D eigenvalue weighted by molar-refractivity contribution is 9.09. The van der Waals surface area contributed by atoms with Crippen molar-refractivity contribution in [1.82, 2.24) is 0 Å². The maximum Gasteiger partial charge on any atom is 0.0183 e. The van der Waals surface area contributed by atoms with E-state index in [4.69, 9.17) is 5.73 Å². The predicted molar refractivity (Wildman–Crippen MR) is 64.5 cm³/mol. The van der Waals surface area contributed by atoms with E-state index in [-0.39, 0.29) is 0 Å². The van der Waals surface area contributed by atoms with Crippen molar-refractivity contribution in [2.75, 3.05) is 0 Å². The van der Waals surface area contributed by atoms with Gasteiger partial charge >= 0.3 is 0 Å². The van der Waals surface area contributed by atoms with Crippen LogP contribution in [-0.2, 0) is 0 Å². The SMILES string of the molecule is CC1C(N)CC=C2CC(Br)CCC21C. The van der Waals surface area contributed by atoms with E-state index in [0.29, 0.717) is 22.2 Å². The first kappa shape index (κ1) is 10.7. The summed E-state index contributed by atoms with van der Waals surface area (Å²) in [7, 11) is 0. The van der Waals surface area contributed by atoms with Crippen molar-refractivity contribution in [1.29, 1.82) is 0 Å². The van der Waals surface area contributed by atoms with Gasteiger partial charge in [-0.05, 0) is 37.0 Å². The van der Waals surface area contributed by atoms with Crippen molar-refractivity contribution in [3.8, 4) is 0 Å². The van der Waals surface area contributed by atoms with Crippen molar-refractivity contribution in [3.05, 3.63) is 11.6 Å². The van der Waals surface area contributed by atoms with Crippen molar-refractivity contribution < 1.29 is 0 Å². The number of allylic oxidation sites excluding steroid dienone is 1. The second-order valence-electron chi connectivity index (χ2n) is 5.18. The molecule has 2 aliphatic rings. The fraction of sp³-hybridized carbons (Fsp3) is 0.833. The molecule has 2 heteroatoms. The molecule has 4 unspecified atom stereocenters. The average molecular weight is 258 g/mol. The van der Waals surface area contributed by atoms with Crippen molar-refractivity contribution in [3.63, 3.8) is 0 Å². The summed E-state index contributed by atoms with van der Waals surface area (Å²) < 4.78 is 0. The number of halogens is 1. The number of fused-ring (bicyclic) bond motifs is 1. The first-order valence-corrected chi connectivity index (χ1v) is 6.55. The second kappa shape index (κ2) is 3.64. The Labute approximate surface area is 95.3 Å². The van der Waals surface area contributed by atoms with Crippen LogP contribution in [0.3, 0.4) is 0 Å². The van der Waals surface area contributed by atoms with Crippen LogP contribution >= 0.6 is 15.9 Å². The van der Waals surface area contributed by atoms with E-state index in [9.17, 15) is 0 Å². The molecule has 0 heterocycles. The van der Waals surface area contributed by atoms with Gasteiger partial charge in [0.2, 0.25) is 0 Å². The maximum atomic E-state index is 6.15. The van der Waals surface area contributed by atoms with Gasteiger partial charge in [0.25, 0.3) is 0 Å². The predicted octanol–water partition coefficient (Wildman–Crippen LogP) is 3.23. The zero-order chi connectivity index (χ0) is 10.3. The molecule has 80 valence electrons. The minimum atomic E-state index is 0.371. The molecule has 2 N–H and O–H groups in total. The average Bonchev–Trinajstić information content (AvgIpc) is 2.16. The normalized spacial score (nSPS) is 48.3. The molecule has 2 rings (SSSR count). The summed E-state index contributed by atoms with van der Waals surface area (Å²) in [6, 6.07) is 0.371. The third-order valence-electron chi connectivity index (χ3n) is 4.44. The number of nitrogens with two attached hydrogens (primary N) is 1. The van der Waals surface area contributed by atoms with Crippen LogP contribution in [0.15, 0.2) is 11.6 Å². The summed E-state index contributed by atoms with van der Waals surface area (Å²) in [6.07, 6.45) is 7.30. The molecule has 0 aliphatic heterocycles. The lowest BCUT2D eigenvalue weighted by Crippen LogP contribution is -2.45. The van der Waals surface area contributed by atoms with E-state index in [0.717, 1.165) is 6.42 Å². The van der Waals surface area contributed by atoms with Gasteiger partial charge in [-0.15, -0.1) is 0 Å². The van der Waals surface area contributed by atoms with Crippen LogP contribution in [0.4, 0.5) is 0 Å². The minimum Gasteiger partial charge on any atom is -0.327 e. The lowest BCUT2D eigenvalue weighted by molar-refractivity contribution is 0.161. The summed E-state index contributed by atoms with van der Waals surface area (Å²) in [5, 5.41) is 0. The van der Waals surface area contributed by atoms with Crippen LogP contribution in [0.2, 0.25) is 0 Å². The van der Waals surface area contributed by atoms with Gasteiger partial charge in [0.15, 0.2) is 0 Å². The van der Waals surface area contributed by atoms with E-state index in [1.54, 1.807) is 5.57 Å². The van der Waals surface area contributed by atoms with Crippen LogP contribution in [0.5, 0.6) is 0 Å². The molecule has 4 atom stereocenters. The van der Waals surface area contributed by atoms with Gasteiger partial charge in [0.1, 0.15) is 0 Å². The summed E-state index contributed by atoms with van der Waals surface area (Å²) in [5.74, 6) is 0.641. The molecule has 0 spiro atoms. The van der Waals surface area contributed by atoms with Crippen molar-refractivity contribution in [2.24, 2.45) is 17.1 Å². The molecule has 0 aromatic heterocycles. The molecule has 0 saturated heterocycles. The van der Waals surface area contributed by atoms with Gasteiger partial charge < -0.3 is 5.73 Å². The van der Waals surface area contributed by atoms with Crippen LogP contribution < -0.4 is 5.73 Å². The highest BCUT2D eigenvalue weighted by atomic mass is 79.9. The molecule has 2 aliphatic carbocycles. The lowest BCUT2D eigenvalue weighted by atomic mass is 9.59. The maximum absolute atomic E-state index is 6.15. The molecule has 0 amide bonds. The highest BCUT2D eigenvalue weighted by Gasteiger charge is 2.43. The van der Waals surface area contributed by atoms with Crippen LogP contribution in [0, 0.1) is 11.3 Å². The van der Waals surface area contributed by atoms with E-state index >= 15 is 0 Å². The van der Waals surface area contributed by atoms with Crippen LogP contribution in [0.25, 0.3) is 0 Å². The Kier molecular flexibility index (Phi) is 2.78. The Morgan fingerprint density at radius 1 is 1.57 bits per heavy atom. The highest BCUT2D eigenvalue weighted by Crippen LogP contribution is 2.51. The number of rotatable bonds is 0. The van der Waals surface area contributed by atoms with Gasteiger partial charge in [0, 0.05) is 10.9 Å². The quantitative estimate of drug-likeness (QED) is 0.524. The zero-order valence-corrected chi connectivity index (χ0v) is 10.7. The van der Waals surface area contributed by atoms with Gasteiger partial charge in [0.05, 0.1) is 0 Å². The molecule has 14 heavy (non-hydrogen) atoms. The molecule has 1 fully saturated rings. The summed E-state index contributed by atoms with van der Waals surface area (Å²) >= 11 is 3.74. The summed E-state index contributed by atoms with van der Waals surface area (Å²) in [6.45, 7) is 4.73. The first-order valence-electron chi connectivity index (χ1n) is 5.63. The molecule has 1 nitrogen and oxygen atoms in total.